The summed E-state index contributed by atoms with van der Waals surface area (Å²) in [4.78, 5) is 5.12. The summed E-state index contributed by atoms with van der Waals surface area (Å²) in [5.41, 5.74) is 24.6. The Hall–Kier alpha value is -6.82. The number of aryl methyl sites for hydroxylation is 1. The summed E-state index contributed by atoms with van der Waals surface area (Å²) in [6.45, 7) is 27.9. The third-order valence-electron chi connectivity index (χ3n) is 16.3. The average Bonchev–Trinajstić information content (AvgIpc) is 3.97. The summed E-state index contributed by atoms with van der Waals surface area (Å²) in [6.07, 6.45) is 0. The van der Waals surface area contributed by atoms with Crippen molar-refractivity contribution in [3.8, 4) is 16.9 Å². The second-order valence-corrected chi connectivity index (χ2v) is 25.4. The molecule has 0 radical (unpaired) electrons. The van der Waals surface area contributed by atoms with Gasteiger partial charge in [-0.3, -0.25) is 0 Å². The molecule has 2 aromatic heterocycles. The highest BCUT2D eigenvalue weighted by Crippen LogP contribution is 2.55. The maximum atomic E-state index is 2.67. The maximum absolute atomic E-state index is 2.67. The second kappa shape index (κ2) is 14.9. The Balaban J connectivity index is 1.12. The van der Waals surface area contributed by atoms with E-state index in [0.717, 1.165) is 17.1 Å². The molecule has 5 heteroatoms. The third kappa shape index (κ3) is 6.40. The van der Waals surface area contributed by atoms with Crippen molar-refractivity contribution in [2.24, 2.45) is 0 Å². The fourth-order valence-electron chi connectivity index (χ4n) is 12.6. The minimum atomic E-state index is -0.150. The molecule has 3 nitrogen and oxygen atoms in total. The molecule has 0 spiro atoms. The van der Waals surface area contributed by atoms with Crippen molar-refractivity contribution in [3.05, 3.63) is 191 Å². The van der Waals surface area contributed by atoms with Crippen molar-refractivity contribution in [1.82, 2.24) is 4.57 Å². The number of anilines is 6. The van der Waals surface area contributed by atoms with Crippen molar-refractivity contribution in [2.45, 2.75) is 105 Å². The van der Waals surface area contributed by atoms with E-state index in [1.165, 1.54) is 115 Å². The van der Waals surface area contributed by atoms with Crippen molar-refractivity contribution in [2.75, 3.05) is 9.80 Å². The quantitative estimate of drug-likeness (QED) is 0.163. The van der Waals surface area contributed by atoms with Crippen LogP contribution in [0.1, 0.15) is 110 Å². The van der Waals surface area contributed by atoms with Gasteiger partial charge < -0.3 is 14.4 Å². The molecule has 0 atom stereocenters. The van der Waals surface area contributed by atoms with Crippen LogP contribution in [0.3, 0.4) is 0 Å². The molecule has 71 heavy (non-hydrogen) atoms. The highest BCUT2D eigenvalue weighted by molar-refractivity contribution is 7.26. The minimum Gasteiger partial charge on any atom is -0.310 e. The second-order valence-electron chi connectivity index (χ2n) is 24.3. The van der Waals surface area contributed by atoms with Crippen LogP contribution < -0.4 is 26.2 Å². The number of nitrogens with zero attached hydrogens (tertiary/aromatic N) is 3. The fraction of sp³-hybridized carbons (Fsp3) is 0.242. The van der Waals surface area contributed by atoms with E-state index < -0.39 is 0 Å². The Bertz CT molecular complexity index is 3810. The van der Waals surface area contributed by atoms with Gasteiger partial charge >= 0.3 is 0 Å². The Morgan fingerprint density at radius 1 is 0.507 bits per heavy atom. The first-order valence-electron chi connectivity index (χ1n) is 25.6. The molecule has 2 aliphatic heterocycles. The number of fused-ring (bicyclic) bond motifs is 12. The summed E-state index contributed by atoms with van der Waals surface area (Å²) in [7, 11) is 0. The highest BCUT2D eigenvalue weighted by atomic mass is 32.1. The Labute approximate surface area is 424 Å². The number of hydrogen-bond donors (Lipinski definition) is 0. The molecule has 4 heterocycles. The van der Waals surface area contributed by atoms with E-state index in [-0.39, 0.29) is 28.4 Å². The first-order chi connectivity index (χ1) is 33.8. The molecule has 0 saturated carbocycles. The van der Waals surface area contributed by atoms with E-state index >= 15 is 0 Å². The predicted molar refractivity (Wildman–Crippen MR) is 309 cm³/mol. The maximum Gasteiger partial charge on any atom is 0.252 e. The summed E-state index contributed by atoms with van der Waals surface area (Å²) in [5, 5.41) is 3.98. The van der Waals surface area contributed by atoms with Crippen LogP contribution in [0.15, 0.2) is 158 Å². The van der Waals surface area contributed by atoms with Crippen LogP contribution in [0.2, 0.25) is 0 Å². The van der Waals surface area contributed by atoms with E-state index in [1.54, 1.807) is 0 Å². The number of hydrogen-bond acceptors (Lipinski definition) is 3. The Morgan fingerprint density at radius 2 is 1.11 bits per heavy atom. The molecule has 13 rings (SSSR count). The summed E-state index contributed by atoms with van der Waals surface area (Å²) in [6, 6.07) is 61.3. The predicted octanol–water partition coefficient (Wildman–Crippen LogP) is 16.6. The molecule has 10 aromatic rings. The third-order valence-corrected chi connectivity index (χ3v) is 17.4. The average molecular weight is 940 g/mol. The lowest BCUT2D eigenvalue weighted by Gasteiger charge is -2.41. The molecular formula is C66H62BN3S. The van der Waals surface area contributed by atoms with Crippen LogP contribution in [0.5, 0.6) is 0 Å². The number of thiophene rings is 1. The lowest BCUT2D eigenvalue weighted by molar-refractivity contribution is 0.590. The molecule has 0 N–H and O–H groups in total. The zero-order valence-electron chi connectivity index (χ0n) is 43.3. The zero-order valence-corrected chi connectivity index (χ0v) is 44.2. The molecule has 350 valence electrons. The molecule has 0 fully saturated rings. The van der Waals surface area contributed by atoms with Crippen LogP contribution in [0.4, 0.5) is 34.1 Å². The van der Waals surface area contributed by atoms with Gasteiger partial charge in [-0.15, -0.1) is 11.3 Å². The SMILES string of the molecule is Cc1cc2c3c(c1)-n1c4c(c5cccc(c51)B3c1ccc(N(c3ccc(C(C)(C)C)cc3)c3ccc(C(C)(C)C)cc3)cc1N2c1cccc2c1sc1cc(C(C)(C)C)ccc12)C(C)(C)c1ccccc1-4. The number of benzene rings is 8. The largest absolute Gasteiger partial charge is 0.310 e. The van der Waals surface area contributed by atoms with Gasteiger partial charge in [-0.05, 0) is 134 Å². The van der Waals surface area contributed by atoms with Crippen molar-refractivity contribution >= 4 is 99.6 Å². The monoisotopic (exact) mass is 939 g/mol. The molecule has 1 aliphatic carbocycles. The van der Waals surface area contributed by atoms with Crippen LogP contribution >= 0.6 is 11.3 Å². The summed E-state index contributed by atoms with van der Waals surface area (Å²) in [5.74, 6) is 0. The van der Waals surface area contributed by atoms with Gasteiger partial charge in [0.25, 0.3) is 6.71 Å². The zero-order chi connectivity index (χ0) is 49.3. The van der Waals surface area contributed by atoms with E-state index in [1.807, 2.05) is 11.3 Å². The van der Waals surface area contributed by atoms with Gasteiger partial charge in [0, 0.05) is 71.5 Å². The van der Waals surface area contributed by atoms with Crippen molar-refractivity contribution in [1.29, 1.82) is 0 Å². The lowest BCUT2D eigenvalue weighted by Crippen LogP contribution is -2.60. The van der Waals surface area contributed by atoms with Gasteiger partial charge in [0.2, 0.25) is 0 Å². The number of aromatic nitrogens is 1. The van der Waals surface area contributed by atoms with Crippen molar-refractivity contribution < 1.29 is 0 Å². The van der Waals surface area contributed by atoms with Gasteiger partial charge in [-0.25, -0.2) is 0 Å². The van der Waals surface area contributed by atoms with Gasteiger partial charge in [0.05, 0.1) is 16.1 Å². The molecule has 3 aliphatic rings. The molecular weight excluding hydrogens is 878 g/mol. The normalized spacial score (nSPS) is 14.5. The van der Waals surface area contributed by atoms with Gasteiger partial charge in [-0.2, -0.15) is 0 Å². The molecule has 8 aromatic carbocycles. The Kier molecular flexibility index (Phi) is 9.25. The number of para-hydroxylation sites is 1. The topological polar surface area (TPSA) is 11.4 Å². The van der Waals surface area contributed by atoms with Gasteiger partial charge in [0.15, 0.2) is 0 Å². The Morgan fingerprint density at radius 3 is 1.79 bits per heavy atom. The van der Waals surface area contributed by atoms with E-state index in [2.05, 4.69) is 255 Å². The van der Waals surface area contributed by atoms with Crippen LogP contribution in [-0.4, -0.2) is 11.3 Å². The smallest absolute Gasteiger partial charge is 0.252 e. The van der Waals surface area contributed by atoms with E-state index in [4.69, 9.17) is 0 Å². The number of rotatable bonds is 4. The lowest BCUT2D eigenvalue weighted by atomic mass is 9.33. The van der Waals surface area contributed by atoms with Crippen molar-refractivity contribution in [3.63, 3.8) is 0 Å². The van der Waals surface area contributed by atoms with Crippen LogP contribution in [0, 0.1) is 6.92 Å². The molecule has 0 saturated heterocycles. The van der Waals surface area contributed by atoms with Gasteiger partial charge in [-0.1, -0.05) is 173 Å². The first-order valence-corrected chi connectivity index (χ1v) is 26.4. The summed E-state index contributed by atoms with van der Waals surface area (Å²) < 4.78 is 5.31. The molecule has 0 unspecified atom stereocenters. The van der Waals surface area contributed by atoms with Crippen LogP contribution in [0.25, 0.3) is 48.0 Å². The standard InChI is InChI=1S/C66H62BN3S/c1-39-35-55-59-56(36-39)70-60-49(58-61(70)48-17-13-14-20-50(48)66(58,11)12)19-15-21-52(60)67(59)51-34-32-45(68(43-28-23-40(24-29-43)63(2,3)4)44-30-25-41(26-31-44)64(5,6)7)38-54(51)69(55)53-22-16-18-47-46-33-27-42(65(8,9)10)37-57(46)71-62(47)53/h13-38H,1-12H3. The summed E-state index contributed by atoms with van der Waals surface area (Å²) >= 11 is 1.94. The fourth-order valence-corrected chi connectivity index (χ4v) is 13.8. The molecule has 0 amide bonds. The van der Waals surface area contributed by atoms with Gasteiger partial charge in [0.1, 0.15) is 0 Å². The minimum absolute atomic E-state index is 0.0204. The van der Waals surface area contributed by atoms with Crippen LogP contribution in [-0.2, 0) is 21.7 Å². The van der Waals surface area contributed by atoms with E-state index in [0.29, 0.717) is 0 Å². The van der Waals surface area contributed by atoms with E-state index in [9.17, 15) is 0 Å². The first kappa shape index (κ1) is 44.1. The molecule has 0 bridgehead atoms. The highest BCUT2D eigenvalue weighted by Gasteiger charge is 2.47.